The predicted molar refractivity (Wildman–Crippen MR) is 88.2 cm³/mol. The monoisotopic (exact) mass is 398 g/mol. The maximum atomic E-state index is 10.5. The topological polar surface area (TPSA) is 29.5 Å². The van der Waals surface area contributed by atoms with Crippen molar-refractivity contribution in [3.8, 4) is 5.75 Å². The summed E-state index contributed by atoms with van der Waals surface area (Å²) in [6, 6.07) is 11.8. The van der Waals surface area contributed by atoms with Crippen LogP contribution >= 0.6 is 31.9 Å². The van der Waals surface area contributed by atoms with Crippen LogP contribution in [0.25, 0.3) is 0 Å². The number of hydrogen-bond donors (Lipinski definition) is 1. The zero-order chi connectivity index (χ0) is 14.7. The Bertz CT molecular complexity index is 594. The second kappa shape index (κ2) is 6.74. The molecule has 0 radical (unpaired) electrons. The molecule has 0 saturated heterocycles. The molecule has 1 atom stereocenters. The lowest BCUT2D eigenvalue weighted by molar-refractivity contribution is 0.174. The van der Waals surface area contributed by atoms with E-state index < -0.39 is 6.10 Å². The van der Waals surface area contributed by atoms with Crippen molar-refractivity contribution in [2.24, 2.45) is 0 Å². The quantitative estimate of drug-likeness (QED) is 0.799. The molecule has 2 aromatic carbocycles. The smallest absolute Gasteiger partial charge is 0.125 e. The lowest BCUT2D eigenvalue weighted by Crippen LogP contribution is -2.05. The highest BCUT2D eigenvalue weighted by atomic mass is 79.9. The Balaban J connectivity index is 2.26. The number of aliphatic hydroxyl groups excluding tert-OH is 1. The molecule has 2 nitrogen and oxygen atoms in total. The molecular formula is C16H16Br2O2. The third-order valence-electron chi connectivity index (χ3n) is 3.21. The summed E-state index contributed by atoms with van der Waals surface area (Å²) in [7, 11) is 1.62. The van der Waals surface area contributed by atoms with Crippen LogP contribution in [0.3, 0.4) is 0 Å². The Morgan fingerprint density at radius 1 is 1.15 bits per heavy atom. The maximum Gasteiger partial charge on any atom is 0.125 e. The van der Waals surface area contributed by atoms with E-state index in [1.807, 2.05) is 43.3 Å². The second-order valence-corrected chi connectivity index (χ2v) is 6.46. The molecule has 0 spiro atoms. The fourth-order valence-electron chi connectivity index (χ4n) is 2.06. The van der Waals surface area contributed by atoms with Gasteiger partial charge in [0.2, 0.25) is 0 Å². The van der Waals surface area contributed by atoms with Crippen molar-refractivity contribution in [1.82, 2.24) is 0 Å². The number of methoxy groups -OCH3 is 1. The highest BCUT2D eigenvalue weighted by Crippen LogP contribution is 2.32. The van der Waals surface area contributed by atoms with Gasteiger partial charge in [-0.25, -0.2) is 0 Å². The zero-order valence-corrected chi connectivity index (χ0v) is 14.5. The molecule has 1 unspecified atom stereocenters. The highest BCUT2D eigenvalue weighted by Gasteiger charge is 2.15. The van der Waals surface area contributed by atoms with Crippen LogP contribution in [0.2, 0.25) is 0 Å². The largest absolute Gasteiger partial charge is 0.496 e. The van der Waals surface area contributed by atoms with E-state index >= 15 is 0 Å². The minimum absolute atomic E-state index is 0.555. The van der Waals surface area contributed by atoms with Crippen LogP contribution in [0.5, 0.6) is 5.75 Å². The molecule has 0 aliphatic carbocycles. The minimum atomic E-state index is -0.594. The predicted octanol–water partition coefficient (Wildman–Crippen LogP) is 4.80. The Labute approximate surface area is 136 Å². The van der Waals surface area contributed by atoms with Gasteiger partial charge in [-0.1, -0.05) is 44.0 Å². The standard InChI is InChI=1S/C16H16Br2O2/c1-10-7-16(20-2)13(9-14(10)18)15(19)8-11-3-5-12(17)6-4-11/h3-7,9,15,19H,8H2,1-2H3. The van der Waals surface area contributed by atoms with Crippen LogP contribution in [-0.2, 0) is 6.42 Å². The molecule has 0 aliphatic rings. The zero-order valence-electron chi connectivity index (χ0n) is 11.4. The van der Waals surface area contributed by atoms with Crippen molar-refractivity contribution in [1.29, 1.82) is 0 Å². The second-order valence-electron chi connectivity index (χ2n) is 4.69. The molecule has 106 valence electrons. The average molecular weight is 400 g/mol. The van der Waals surface area contributed by atoms with Gasteiger partial charge in [0.25, 0.3) is 0 Å². The number of hydrogen-bond acceptors (Lipinski definition) is 2. The number of ether oxygens (including phenoxy) is 1. The van der Waals surface area contributed by atoms with Gasteiger partial charge in [-0.05, 0) is 42.3 Å². The number of rotatable bonds is 4. The summed E-state index contributed by atoms with van der Waals surface area (Å²) in [5.41, 5.74) is 2.97. The van der Waals surface area contributed by atoms with E-state index in [1.54, 1.807) is 7.11 Å². The first-order chi connectivity index (χ1) is 9.51. The molecule has 1 N–H and O–H groups in total. The lowest BCUT2D eigenvalue weighted by Gasteiger charge is -2.16. The Hall–Kier alpha value is -0.840. The SMILES string of the molecule is COc1cc(C)c(Br)cc1C(O)Cc1ccc(Br)cc1. The van der Waals surface area contributed by atoms with Crippen LogP contribution in [0.1, 0.15) is 22.8 Å². The van der Waals surface area contributed by atoms with E-state index in [4.69, 9.17) is 4.74 Å². The van der Waals surface area contributed by atoms with Crippen LogP contribution in [-0.4, -0.2) is 12.2 Å². The number of aliphatic hydroxyl groups is 1. The molecule has 0 bridgehead atoms. The van der Waals surface area contributed by atoms with Crippen molar-refractivity contribution < 1.29 is 9.84 Å². The lowest BCUT2D eigenvalue weighted by atomic mass is 9.99. The molecule has 0 fully saturated rings. The maximum absolute atomic E-state index is 10.5. The summed E-state index contributed by atoms with van der Waals surface area (Å²) in [5.74, 6) is 0.718. The average Bonchev–Trinajstić information content (AvgIpc) is 2.43. The van der Waals surface area contributed by atoms with Gasteiger partial charge in [0, 0.05) is 20.9 Å². The molecule has 2 aromatic rings. The fourth-order valence-corrected chi connectivity index (χ4v) is 2.69. The molecule has 0 saturated carbocycles. The molecule has 0 heterocycles. The first kappa shape index (κ1) is 15.5. The summed E-state index contributed by atoms with van der Waals surface area (Å²) in [4.78, 5) is 0. The summed E-state index contributed by atoms with van der Waals surface area (Å²) < 4.78 is 7.38. The fraction of sp³-hybridized carbons (Fsp3) is 0.250. The van der Waals surface area contributed by atoms with E-state index in [0.29, 0.717) is 6.42 Å². The van der Waals surface area contributed by atoms with Crippen molar-refractivity contribution in [3.05, 3.63) is 62.0 Å². The highest BCUT2D eigenvalue weighted by molar-refractivity contribution is 9.10. The van der Waals surface area contributed by atoms with E-state index in [0.717, 1.165) is 31.4 Å². The Morgan fingerprint density at radius 3 is 2.40 bits per heavy atom. The van der Waals surface area contributed by atoms with Gasteiger partial charge in [-0.3, -0.25) is 0 Å². The first-order valence-corrected chi connectivity index (χ1v) is 7.86. The van der Waals surface area contributed by atoms with Crippen molar-refractivity contribution in [2.45, 2.75) is 19.4 Å². The van der Waals surface area contributed by atoms with Gasteiger partial charge in [0.1, 0.15) is 5.75 Å². The van der Waals surface area contributed by atoms with Crippen LogP contribution in [0.4, 0.5) is 0 Å². The third kappa shape index (κ3) is 3.62. The van der Waals surface area contributed by atoms with E-state index in [2.05, 4.69) is 31.9 Å². The van der Waals surface area contributed by atoms with Crippen molar-refractivity contribution in [3.63, 3.8) is 0 Å². The minimum Gasteiger partial charge on any atom is -0.496 e. The van der Waals surface area contributed by atoms with Crippen LogP contribution in [0.15, 0.2) is 45.3 Å². The van der Waals surface area contributed by atoms with E-state index in [-0.39, 0.29) is 0 Å². The number of benzene rings is 2. The van der Waals surface area contributed by atoms with E-state index in [1.165, 1.54) is 0 Å². The normalized spacial score (nSPS) is 12.2. The Kier molecular flexibility index (Phi) is 5.24. The van der Waals surface area contributed by atoms with Crippen LogP contribution in [0, 0.1) is 6.92 Å². The summed E-state index contributed by atoms with van der Waals surface area (Å²) in [6.07, 6.45) is -0.0397. The molecule has 4 heteroatoms. The van der Waals surface area contributed by atoms with Gasteiger partial charge >= 0.3 is 0 Å². The Morgan fingerprint density at radius 2 is 1.80 bits per heavy atom. The van der Waals surface area contributed by atoms with Gasteiger partial charge in [-0.2, -0.15) is 0 Å². The van der Waals surface area contributed by atoms with Gasteiger partial charge in [0.15, 0.2) is 0 Å². The molecule has 0 amide bonds. The summed E-state index contributed by atoms with van der Waals surface area (Å²) >= 11 is 6.91. The van der Waals surface area contributed by atoms with Gasteiger partial charge in [0.05, 0.1) is 13.2 Å². The molecule has 0 aliphatic heterocycles. The molecular weight excluding hydrogens is 384 g/mol. The van der Waals surface area contributed by atoms with Crippen LogP contribution < -0.4 is 4.74 Å². The van der Waals surface area contributed by atoms with Gasteiger partial charge < -0.3 is 9.84 Å². The third-order valence-corrected chi connectivity index (χ3v) is 4.60. The van der Waals surface area contributed by atoms with Crippen molar-refractivity contribution >= 4 is 31.9 Å². The first-order valence-electron chi connectivity index (χ1n) is 6.28. The summed E-state index contributed by atoms with van der Waals surface area (Å²) in [5, 5.41) is 10.5. The molecule has 20 heavy (non-hydrogen) atoms. The number of aryl methyl sites for hydroxylation is 1. The summed E-state index contributed by atoms with van der Waals surface area (Å²) in [6.45, 7) is 2.00. The van der Waals surface area contributed by atoms with Gasteiger partial charge in [-0.15, -0.1) is 0 Å². The van der Waals surface area contributed by atoms with E-state index in [9.17, 15) is 5.11 Å². The molecule has 0 aromatic heterocycles. The number of halogens is 2. The molecule has 2 rings (SSSR count). The van der Waals surface area contributed by atoms with Crippen molar-refractivity contribution in [2.75, 3.05) is 7.11 Å².